The van der Waals surface area contributed by atoms with Gasteiger partial charge in [0.1, 0.15) is 0 Å². The van der Waals surface area contributed by atoms with Gasteiger partial charge in [0.15, 0.2) is 11.5 Å². The van der Waals surface area contributed by atoms with Crippen molar-refractivity contribution in [2.45, 2.75) is 19.4 Å². The van der Waals surface area contributed by atoms with Gasteiger partial charge in [-0.15, -0.1) is 0 Å². The molecule has 0 saturated heterocycles. The van der Waals surface area contributed by atoms with Crippen LogP contribution in [0, 0.1) is 0 Å². The summed E-state index contributed by atoms with van der Waals surface area (Å²) in [4.78, 5) is 4.12. The molecule has 1 aromatic carbocycles. The van der Waals surface area contributed by atoms with Gasteiger partial charge in [0.25, 0.3) is 0 Å². The molecule has 2 heterocycles. The van der Waals surface area contributed by atoms with E-state index in [4.69, 9.17) is 9.47 Å². The van der Waals surface area contributed by atoms with Gasteiger partial charge in [0.2, 0.25) is 6.79 Å². The van der Waals surface area contributed by atoms with Gasteiger partial charge < -0.3 is 14.8 Å². The van der Waals surface area contributed by atoms with Crippen LogP contribution in [0.5, 0.6) is 11.5 Å². The molecule has 1 unspecified atom stereocenters. The number of rotatable bonds is 5. The quantitative estimate of drug-likeness (QED) is 0.907. The predicted octanol–water partition coefficient (Wildman–Crippen LogP) is 2.70. The molecule has 2 aromatic rings. The zero-order chi connectivity index (χ0) is 13.8. The van der Waals surface area contributed by atoms with Crippen molar-refractivity contribution < 1.29 is 9.47 Å². The van der Waals surface area contributed by atoms with Gasteiger partial charge >= 0.3 is 0 Å². The molecule has 0 radical (unpaired) electrons. The van der Waals surface area contributed by atoms with Crippen LogP contribution in [0.1, 0.15) is 24.1 Å². The van der Waals surface area contributed by atoms with Gasteiger partial charge in [-0.2, -0.15) is 0 Å². The topological polar surface area (TPSA) is 43.4 Å². The Bertz CT molecular complexity index is 572. The number of hydrogen-bond donors (Lipinski definition) is 1. The first-order chi connectivity index (χ1) is 9.83. The van der Waals surface area contributed by atoms with E-state index < -0.39 is 0 Å². The number of fused-ring (bicyclic) bond motifs is 1. The van der Waals surface area contributed by atoms with Crippen LogP contribution in [0.15, 0.2) is 42.7 Å². The Morgan fingerprint density at radius 1 is 1.25 bits per heavy atom. The Morgan fingerprint density at radius 3 is 3.00 bits per heavy atom. The monoisotopic (exact) mass is 270 g/mol. The molecule has 0 aliphatic carbocycles. The molecule has 0 fully saturated rings. The average Bonchev–Trinajstić information content (AvgIpc) is 2.95. The van der Waals surface area contributed by atoms with Crippen LogP contribution in [-0.2, 0) is 6.42 Å². The molecule has 4 nitrogen and oxygen atoms in total. The molecule has 0 bridgehead atoms. The lowest BCUT2D eigenvalue weighted by Crippen LogP contribution is -2.21. The van der Waals surface area contributed by atoms with Crippen molar-refractivity contribution in [1.29, 1.82) is 0 Å². The summed E-state index contributed by atoms with van der Waals surface area (Å²) in [6.45, 7) is 3.39. The van der Waals surface area contributed by atoms with Crippen LogP contribution < -0.4 is 14.8 Å². The fourth-order valence-corrected chi connectivity index (χ4v) is 2.28. The van der Waals surface area contributed by atoms with Gasteiger partial charge in [-0.3, -0.25) is 4.98 Å². The molecular formula is C16H18N2O2. The summed E-state index contributed by atoms with van der Waals surface area (Å²) in [6.07, 6.45) is 4.68. The predicted molar refractivity (Wildman–Crippen MR) is 76.9 cm³/mol. The maximum Gasteiger partial charge on any atom is 0.231 e. The van der Waals surface area contributed by atoms with Crippen LogP contribution in [0.3, 0.4) is 0 Å². The SMILES string of the molecule is CC(NCCc1cccnc1)c1ccc2c(c1)OCO2. The van der Waals surface area contributed by atoms with E-state index in [0.29, 0.717) is 6.79 Å². The van der Waals surface area contributed by atoms with Crippen molar-refractivity contribution in [1.82, 2.24) is 10.3 Å². The molecule has 3 rings (SSSR count). The van der Waals surface area contributed by atoms with Crippen molar-refractivity contribution in [2.75, 3.05) is 13.3 Å². The van der Waals surface area contributed by atoms with Crippen molar-refractivity contribution in [2.24, 2.45) is 0 Å². The lowest BCUT2D eigenvalue weighted by molar-refractivity contribution is 0.174. The minimum Gasteiger partial charge on any atom is -0.454 e. The minimum atomic E-state index is 0.279. The third kappa shape index (κ3) is 2.91. The highest BCUT2D eigenvalue weighted by Gasteiger charge is 2.15. The van der Waals surface area contributed by atoms with Gasteiger partial charge in [-0.25, -0.2) is 0 Å². The molecule has 1 aliphatic rings. The summed E-state index contributed by atoms with van der Waals surface area (Å²) in [6, 6.07) is 10.4. The highest BCUT2D eigenvalue weighted by molar-refractivity contribution is 5.45. The van der Waals surface area contributed by atoms with Gasteiger partial charge in [-0.1, -0.05) is 12.1 Å². The number of ether oxygens (including phenoxy) is 2. The van der Waals surface area contributed by atoms with Gasteiger partial charge in [-0.05, 0) is 49.2 Å². The van der Waals surface area contributed by atoms with Crippen molar-refractivity contribution >= 4 is 0 Å². The standard InChI is InChI=1S/C16H18N2O2/c1-12(18-8-6-13-3-2-7-17-10-13)14-4-5-15-16(9-14)20-11-19-15/h2-5,7,9-10,12,18H,6,8,11H2,1H3. The van der Waals surface area contributed by atoms with E-state index in [1.165, 1.54) is 11.1 Å². The number of aromatic nitrogens is 1. The second-order valence-electron chi connectivity index (χ2n) is 4.90. The molecule has 20 heavy (non-hydrogen) atoms. The number of benzene rings is 1. The molecule has 1 aliphatic heterocycles. The molecule has 0 saturated carbocycles. The van der Waals surface area contributed by atoms with Gasteiger partial charge in [0, 0.05) is 18.4 Å². The minimum absolute atomic E-state index is 0.279. The Balaban J connectivity index is 1.55. The van der Waals surface area contributed by atoms with E-state index >= 15 is 0 Å². The third-order valence-corrected chi connectivity index (χ3v) is 3.48. The summed E-state index contributed by atoms with van der Waals surface area (Å²) in [5, 5.41) is 3.51. The number of nitrogens with one attached hydrogen (secondary N) is 1. The number of pyridine rings is 1. The normalized spacial score (nSPS) is 14.2. The maximum atomic E-state index is 5.40. The number of hydrogen-bond acceptors (Lipinski definition) is 4. The summed E-state index contributed by atoms with van der Waals surface area (Å²) >= 11 is 0. The Morgan fingerprint density at radius 2 is 2.15 bits per heavy atom. The lowest BCUT2D eigenvalue weighted by atomic mass is 10.1. The lowest BCUT2D eigenvalue weighted by Gasteiger charge is -2.14. The largest absolute Gasteiger partial charge is 0.454 e. The smallest absolute Gasteiger partial charge is 0.231 e. The average molecular weight is 270 g/mol. The van der Waals surface area contributed by atoms with E-state index in [1.54, 1.807) is 6.20 Å². The zero-order valence-corrected chi connectivity index (χ0v) is 11.5. The van der Waals surface area contributed by atoms with Crippen LogP contribution in [0.4, 0.5) is 0 Å². The summed E-state index contributed by atoms with van der Waals surface area (Å²) in [7, 11) is 0. The molecule has 0 amide bonds. The fraction of sp³-hybridized carbons (Fsp3) is 0.312. The maximum absolute atomic E-state index is 5.40. The summed E-state index contributed by atoms with van der Waals surface area (Å²) in [5.74, 6) is 1.67. The van der Waals surface area contributed by atoms with E-state index in [1.807, 2.05) is 24.4 Å². The van der Waals surface area contributed by atoms with Crippen LogP contribution in [0.25, 0.3) is 0 Å². The van der Waals surface area contributed by atoms with Gasteiger partial charge in [0.05, 0.1) is 0 Å². The molecule has 104 valence electrons. The first-order valence-corrected chi connectivity index (χ1v) is 6.85. The Kier molecular flexibility index (Phi) is 3.83. The van der Waals surface area contributed by atoms with E-state index in [-0.39, 0.29) is 6.04 Å². The molecule has 1 N–H and O–H groups in total. The van der Waals surface area contributed by atoms with Crippen LogP contribution in [-0.4, -0.2) is 18.3 Å². The van der Waals surface area contributed by atoms with E-state index in [0.717, 1.165) is 24.5 Å². The Hall–Kier alpha value is -2.07. The van der Waals surface area contributed by atoms with E-state index in [9.17, 15) is 0 Å². The molecular weight excluding hydrogens is 252 g/mol. The van der Waals surface area contributed by atoms with Crippen LogP contribution >= 0.6 is 0 Å². The van der Waals surface area contributed by atoms with Crippen molar-refractivity contribution in [3.05, 3.63) is 53.9 Å². The summed E-state index contributed by atoms with van der Waals surface area (Å²) < 4.78 is 10.7. The zero-order valence-electron chi connectivity index (χ0n) is 11.5. The van der Waals surface area contributed by atoms with Crippen LogP contribution in [0.2, 0.25) is 0 Å². The second kappa shape index (κ2) is 5.92. The highest BCUT2D eigenvalue weighted by Crippen LogP contribution is 2.34. The van der Waals surface area contributed by atoms with Crippen molar-refractivity contribution in [3.8, 4) is 11.5 Å². The first-order valence-electron chi connectivity index (χ1n) is 6.85. The van der Waals surface area contributed by atoms with E-state index in [2.05, 4.69) is 29.4 Å². The molecule has 0 spiro atoms. The molecule has 1 atom stereocenters. The van der Waals surface area contributed by atoms with Crippen molar-refractivity contribution in [3.63, 3.8) is 0 Å². The summed E-state index contributed by atoms with van der Waals surface area (Å²) in [5.41, 5.74) is 2.46. The Labute approximate surface area is 118 Å². The highest BCUT2D eigenvalue weighted by atomic mass is 16.7. The fourth-order valence-electron chi connectivity index (χ4n) is 2.28. The third-order valence-electron chi connectivity index (χ3n) is 3.48. The second-order valence-corrected chi connectivity index (χ2v) is 4.90. The molecule has 1 aromatic heterocycles. The molecule has 4 heteroatoms. The number of nitrogens with zero attached hydrogens (tertiary/aromatic N) is 1. The first kappa shape index (κ1) is 12.9.